The molecule has 3 aromatic carbocycles. The quantitative estimate of drug-likeness (QED) is 0.481. The first-order chi connectivity index (χ1) is 14.7. The molecule has 9 heteroatoms. The predicted molar refractivity (Wildman–Crippen MR) is 117 cm³/mol. The zero-order chi connectivity index (χ0) is 22.6. The molecule has 0 aliphatic rings. The highest BCUT2D eigenvalue weighted by atomic mass is 79.9. The SMILES string of the molecule is CN(Cc1ccc(OC(C(=O)O)c2cccc(Br)c2)cc1)S(=O)(=O)c1ccc(F)cc1. The maximum absolute atomic E-state index is 13.1. The molecule has 0 bridgehead atoms. The van der Waals surface area contributed by atoms with Gasteiger partial charge >= 0.3 is 5.97 Å². The first-order valence-electron chi connectivity index (χ1n) is 9.12. The van der Waals surface area contributed by atoms with Crippen LogP contribution in [0.2, 0.25) is 0 Å². The second kappa shape index (κ2) is 9.59. The van der Waals surface area contributed by atoms with Crippen molar-refractivity contribution >= 4 is 31.9 Å². The third-order valence-corrected chi connectivity index (χ3v) is 6.79. The molecule has 0 aliphatic carbocycles. The Kier molecular flexibility index (Phi) is 7.09. The normalized spacial score (nSPS) is 12.5. The van der Waals surface area contributed by atoms with Crippen LogP contribution in [-0.4, -0.2) is 30.8 Å². The second-order valence-corrected chi connectivity index (χ2v) is 9.71. The number of hydrogen-bond donors (Lipinski definition) is 1. The van der Waals surface area contributed by atoms with Crippen LogP contribution < -0.4 is 4.74 Å². The van der Waals surface area contributed by atoms with Gasteiger partial charge in [0.15, 0.2) is 0 Å². The Morgan fingerprint density at radius 3 is 2.32 bits per heavy atom. The molecule has 1 N–H and O–H groups in total. The van der Waals surface area contributed by atoms with E-state index in [-0.39, 0.29) is 11.4 Å². The number of benzene rings is 3. The molecule has 0 amide bonds. The summed E-state index contributed by atoms with van der Waals surface area (Å²) in [4.78, 5) is 11.7. The molecule has 0 fully saturated rings. The zero-order valence-electron chi connectivity index (χ0n) is 16.4. The fourth-order valence-corrected chi connectivity index (χ4v) is 4.44. The van der Waals surface area contributed by atoms with Crippen LogP contribution >= 0.6 is 15.9 Å². The highest BCUT2D eigenvalue weighted by Crippen LogP contribution is 2.25. The van der Waals surface area contributed by atoms with Gasteiger partial charge in [-0.1, -0.05) is 40.2 Å². The molecule has 0 heterocycles. The first-order valence-corrected chi connectivity index (χ1v) is 11.4. The summed E-state index contributed by atoms with van der Waals surface area (Å²) in [5.41, 5.74) is 1.16. The van der Waals surface area contributed by atoms with Crippen LogP contribution in [0.15, 0.2) is 82.2 Å². The number of carboxylic acid groups (broad SMARTS) is 1. The molecule has 3 aromatic rings. The van der Waals surface area contributed by atoms with Gasteiger partial charge in [-0.2, -0.15) is 4.31 Å². The number of carbonyl (C=O) groups is 1. The van der Waals surface area contributed by atoms with Gasteiger partial charge in [0.05, 0.1) is 4.90 Å². The molecule has 1 unspecified atom stereocenters. The largest absolute Gasteiger partial charge is 0.478 e. The molecular formula is C22H19BrFNO5S. The van der Waals surface area contributed by atoms with E-state index in [1.165, 1.54) is 19.2 Å². The average Bonchev–Trinajstić information content (AvgIpc) is 2.73. The number of nitrogens with zero attached hydrogens (tertiary/aromatic N) is 1. The summed E-state index contributed by atoms with van der Waals surface area (Å²) in [7, 11) is -2.35. The van der Waals surface area contributed by atoms with Gasteiger partial charge in [-0.3, -0.25) is 0 Å². The predicted octanol–water partition coefficient (Wildman–Crippen LogP) is 4.61. The van der Waals surface area contributed by atoms with Crippen LogP contribution in [0.3, 0.4) is 0 Å². The zero-order valence-corrected chi connectivity index (χ0v) is 18.8. The maximum Gasteiger partial charge on any atom is 0.349 e. The standard InChI is InChI=1S/C22H19BrFNO5S/c1-25(31(28,29)20-11-7-18(24)8-12-20)14-15-5-9-19(10-6-15)30-21(22(26)27)16-3-2-4-17(23)13-16/h2-13,21H,14H2,1H3,(H,26,27). The molecule has 0 saturated heterocycles. The molecule has 0 spiro atoms. The van der Waals surface area contributed by atoms with Gasteiger partial charge in [0, 0.05) is 23.6 Å². The molecule has 0 radical (unpaired) electrons. The van der Waals surface area contributed by atoms with Crippen LogP contribution in [0, 0.1) is 5.82 Å². The van der Waals surface area contributed by atoms with Crippen molar-refractivity contribution in [3.63, 3.8) is 0 Å². The molecule has 0 aliphatic heterocycles. The summed E-state index contributed by atoms with van der Waals surface area (Å²) in [5, 5.41) is 9.53. The number of carboxylic acids is 1. The number of aliphatic carboxylic acids is 1. The van der Waals surface area contributed by atoms with Crippen molar-refractivity contribution in [3.8, 4) is 5.75 Å². The average molecular weight is 508 g/mol. The fourth-order valence-electron chi connectivity index (χ4n) is 2.87. The lowest BCUT2D eigenvalue weighted by Gasteiger charge is -2.18. The van der Waals surface area contributed by atoms with Gasteiger partial charge in [-0.25, -0.2) is 17.6 Å². The second-order valence-electron chi connectivity index (χ2n) is 6.75. The lowest BCUT2D eigenvalue weighted by atomic mass is 10.1. The monoisotopic (exact) mass is 507 g/mol. The number of halogens is 2. The highest BCUT2D eigenvalue weighted by Gasteiger charge is 2.23. The maximum atomic E-state index is 13.1. The number of rotatable bonds is 8. The Morgan fingerprint density at radius 2 is 1.74 bits per heavy atom. The summed E-state index contributed by atoms with van der Waals surface area (Å²) in [6, 6.07) is 17.9. The van der Waals surface area contributed by atoms with Crippen molar-refractivity contribution in [1.29, 1.82) is 0 Å². The molecule has 3 rings (SSSR count). The van der Waals surface area contributed by atoms with E-state index in [1.807, 2.05) is 0 Å². The van der Waals surface area contributed by atoms with E-state index in [1.54, 1.807) is 48.5 Å². The van der Waals surface area contributed by atoms with Crippen molar-refractivity contribution in [1.82, 2.24) is 4.31 Å². The lowest BCUT2D eigenvalue weighted by Crippen LogP contribution is -2.26. The lowest BCUT2D eigenvalue weighted by molar-refractivity contribution is -0.145. The molecule has 0 aromatic heterocycles. The van der Waals surface area contributed by atoms with Gasteiger partial charge < -0.3 is 9.84 Å². The van der Waals surface area contributed by atoms with Gasteiger partial charge in [0.25, 0.3) is 0 Å². The third kappa shape index (κ3) is 5.69. The topological polar surface area (TPSA) is 83.9 Å². The van der Waals surface area contributed by atoms with Crippen molar-refractivity contribution in [2.45, 2.75) is 17.5 Å². The Hall–Kier alpha value is -2.75. The highest BCUT2D eigenvalue weighted by molar-refractivity contribution is 9.10. The number of hydrogen-bond acceptors (Lipinski definition) is 4. The van der Waals surface area contributed by atoms with E-state index >= 15 is 0 Å². The van der Waals surface area contributed by atoms with E-state index in [2.05, 4.69) is 15.9 Å². The van der Waals surface area contributed by atoms with Crippen molar-refractivity contribution in [2.24, 2.45) is 0 Å². The minimum Gasteiger partial charge on any atom is -0.478 e. The first kappa shape index (κ1) is 22.9. The van der Waals surface area contributed by atoms with Crippen LogP contribution in [0.5, 0.6) is 5.75 Å². The van der Waals surface area contributed by atoms with Crippen molar-refractivity contribution < 1.29 is 27.4 Å². The summed E-state index contributed by atoms with van der Waals surface area (Å²) < 4.78 is 45.9. The molecule has 0 saturated carbocycles. The van der Waals surface area contributed by atoms with Gasteiger partial charge in [0.2, 0.25) is 16.1 Å². The number of ether oxygens (including phenoxy) is 1. The Morgan fingerprint density at radius 1 is 1.10 bits per heavy atom. The van der Waals surface area contributed by atoms with Crippen LogP contribution in [-0.2, 0) is 21.4 Å². The smallest absolute Gasteiger partial charge is 0.349 e. The van der Waals surface area contributed by atoms with E-state index < -0.39 is 27.9 Å². The summed E-state index contributed by atoms with van der Waals surface area (Å²) in [6.07, 6.45) is -1.19. The van der Waals surface area contributed by atoms with E-state index in [9.17, 15) is 22.7 Å². The van der Waals surface area contributed by atoms with E-state index in [0.717, 1.165) is 20.9 Å². The van der Waals surface area contributed by atoms with Crippen LogP contribution in [0.4, 0.5) is 4.39 Å². The van der Waals surface area contributed by atoms with E-state index in [0.29, 0.717) is 16.9 Å². The summed E-state index contributed by atoms with van der Waals surface area (Å²) in [5.74, 6) is -1.31. The molecule has 162 valence electrons. The van der Waals surface area contributed by atoms with E-state index in [4.69, 9.17) is 4.74 Å². The van der Waals surface area contributed by atoms with Gasteiger partial charge in [-0.05, 0) is 54.1 Å². The Labute approximate surface area is 188 Å². The summed E-state index contributed by atoms with van der Waals surface area (Å²) in [6.45, 7) is 0.0774. The number of sulfonamides is 1. The fraction of sp³-hybridized carbons (Fsp3) is 0.136. The third-order valence-electron chi connectivity index (χ3n) is 4.48. The minimum atomic E-state index is -3.78. The Bertz CT molecular complexity index is 1170. The minimum absolute atomic E-state index is 0.00493. The van der Waals surface area contributed by atoms with Crippen LogP contribution in [0.1, 0.15) is 17.2 Å². The van der Waals surface area contributed by atoms with Crippen LogP contribution in [0.25, 0.3) is 0 Å². The summed E-state index contributed by atoms with van der Waals surface area (Å²) >= 11 is 3.31. The molecule has 1 atom stereocenters. The molecular weight excluding hydrogens is 489 g/mol. The molecule has 31 heavy (non-hydrogen) atoms. The molecule has 6 nitrogen and oxygen atoms in total. The van der Waals surface area contributed by atoms with Gasteiger partial charge in [-0.15, -0.1) is 0 Å². The van der Waals surface area contributed by atoms with Crippen molar-refractivity contribution in [3.05, 3.63) is 94.2 Å². The van der Waals surface area contributed by atoms with Crippen molar-refractivity contribution in [2.75, 3.05) is 7.05 Å². The van der Waals surface area contributed by atoms with Gasteiger partial charge in [0.1, 0.15) is 11.6 Å². The Balaban J connectivity index is 1.72.